The molecule has 1 aliphatic rings. The van der Waals surface area contributed by atoms with Crippen LogP contribution in [-0.2, 0) is 0 Å². The fourth-order valence-corrected chi connectivity index (χ4v) is 3.16. The van der Waals surface area contributed by atoms with Crippen LogP contribution in [0, 0.1) is 0 Å². The van der Waals surface area contributed by atoms with Gasteiger partial charge < -0.3 is 9.80 Å². The molecule has 0 aromatic carbocycles. The Morgan fingerprint density at radius 2 is 1.24 bits per heavy atom. The van der Waals surface area contributed by atoms with Crippen LogP contribution in [0.4, 0.5) is 0 Å². The van der Waals surface area contributed by atoms with E-state index in [-0.39, 0.29) is 22.1 Å². The van der Waals surface area contributed by atoms with Crippen LogP contribution in [0.5, 0.6) is 0 Å². The molecule has 0 bridgehead atoms. The van der Waals surface area contributed by atoms with E-state index in [0.29, 0.717) is 43.7 Å². The Morgan fingerprint density at radius 1 is 0.800 bits per heavy atom. The van der Waals surface area contributed by atoms with Gasteiger partial charge >= 0.3 is 0 Å². The van der Waals surface area contributed by atoms with Crippen molar-refractivity contribution in [2.24, 2.45) is 0 Å². The molecule has 0 N–H and O–H groups in total. The summed E-state index contributed by atoms with van der Waals surface area (Å²) in [6, 6.07) is 6.66. The van der Waals surface area contributed by atoms with E-state index in [9.17, 15) is 9.59 Å². The van der Waals surface area contributed by atoms with Crippen molar-refractivity contribution >= 4 is 35.0 Å². The fourth-order valence-electron chi connectivity index (χ4n) is 2.76. The molecule has 3 rings (SSSR count). The van der Waals surface area contributed by atoms with Crippen molar-refractivity contribution < 1.29 is 9.59 Å². The maximum absolute atomic E-state index is 12.6. The quantitative estimate of drug-likeness (QED) is 0.753. The molecule has 2 amide bonds. The monoisotopic (exact) mass is 378 g/mol. The molecular formula is C17H16Cl2N4O2. The van der Waals surface area contributed by atoms with E-state index in [4.69, 9.17) is 23.2 Å². The number of aromatic nitrogens is 2. The van der Waals surface area contributed by atoms with Crippen LogP contribution in [0.15, 0.2) is 36.7 Å². The fraction of sp³-hybridized carbons (Fsp3) is 0.294. The SMILES string of the molecule is O=C(c1cccnc1Cl)N1CCCN(C(=O)c2cccnc2Cl)CC1. The van der Waals surface area contributed by atoms with Crippen LogP contribution in [0.2, 0.25) is 10.3 Å². The van der Waals surface area contributed by atoms with E-state index in [1.54, 1.807) is 46.5 Å². The first-order chi connectivity index (χ1) is 12.1. The van der Waals surface area contributed by atoms with Crippen LogP contribution < -0.4 is 0 Å². The van der Waals surface area contributed by atoms with Crippen LogP contribution in [0.3, 0.4) is 0 Å². The molecule has 25 heavy (non-hydrogen) atoms. The number of carbonyl (C=O) groups is 2. The van der Waals surface area contributed by atoms with Gasteiger partial charge in [-0.05, 0) is 30.7 Å². The van der Waals surface area contributed by atoms with Crippen molar-refractivity contribution in [3.63, 3.8) is 0 Å². The molecule has 130 valence electrons. The van der Waals surface area contributed by atoms with Gasteiger partial charge in [-0.2, -0.15) is 0 Å². The van der Waals surface area contributed by atoms with Crippen molar-refractivity contribution in [3.05, 3.63) is 58.1 Å². The highest BCUT2D eigenvalue weighted by atomic mass is 35.5. The Morgan fingerprint density at radius 3 is 1.64 bits per heavy atom. The third kappa shape index (κ3) is 3.91. The van der Waals surface area contributed by atoms with Crippen LogP contribution in [0.1, 0.15) is 27.1 Å². The smallest absolute Gasteiger partial charge is 0.257 e. The number of nitrogens with zero attached hydrogens (tertiary/aromatic N) is 4. The van der Waals surface area contributed by atoms with Gasteiger partial charge in [-0.25, -0.2) is 9.97 Å². The van der Waals surface area contributed by atoms with Crippen molar-refractivity contribution in [3.8, 4) is 0 Å². The molecule has 2 aromatic rings. The van der Waals surface area contributed by atoms with E-state index >= 15 is 0 Å². The van der Waals surface area contributed by atoms with Crippen LogP contribution in [-0.4, -0.2) is 57.8 Å². The predicted octanol–water partition coefficient (Wildman–Crippen LogP) is 2.77. The molecule has 2 aromatic heterocycles. The standard InChI is InChI=1S/C17H16Cl2N4O2/c18-14-12(4-1-6-20-14)16(24)22-8-3-9-23(11-10-22)17(25)13-5-2-7-21-15(13)19/h1-2,4-7H,3,8-11H2. The van der Waals surface area contributed by atoms with Gasteiger partial charge in [0.1, 0.15) is 10.3 Å². The summed E-state index contributed by atoms with van der Waals surface area (Å²) in [5.74, 6) is -0.349. The van der Waals surface area contributed by atoms with E-state index in [1.807, 2.05) is 0 Å². The lowest BCUT2D eigenvalue weighted by Gasteiger charge is -2.22. The second-order valence-corrected chi connectivity index (χ2v) is 6.34. The zero-order valence-electron chi connectivity index (χ0n) is 13.4. The molecule has 0 unspecified atom stereocenters. The Hall–Kier alpha value is -2.18. The molecule has 1 fully saturated rings. The minimum Gasteiger partial charge on any atom is -0.337 e. The van der Waals surface area contributed by atoms with Gasteiger partial charge in [0.15, 0.2) is 0 Å². The van der Waals surface area contributed by atoms with Crippen molar-refractivity contribution in [1.82, 2.24) is 19.8 Å². The third-order valence-electron chi connectivity index (χ3n) is 4.05. The average molecular weight is 379 g/mol. The zero-order chi connectivity index (χ0) is 17.8. The lowest BCUT2D eigenvalue weighted by molar-refractivity contribution is 0.0718. The number of rotatable bonds is 2. The number of halogens is 2. The second kappa shape index (κ2) is 7.80. The molecular weight excluding hydrogens is 363 g/mol. The number of carbonyl (C=O) groups excluding carboxylic acids is 2. The molecule has 6 nitrogen and oxygen atoms in total. The Balaban J connectivity index is 1.70. The van der Waals surface area contributed by atoms with Gasteiger partial charge in [-0.15, -0.1) is 0 Å². The highest BCUT2D eigenvalue weighted by Crippen LogP contribution is 2.18. The summed E-state index contributed by atoms with van der Waals surface area (Å²) in [6.07, 6.45) is 3.76. The van der Waals surface area contributed by atoms with Gasteiger partial charge in [0.25, 0.3) is 11.8 Å². The maximum atomic E-state index is 12.6. The van der Waals surface area contributed by atoms with E-state index in [2.05, 4.69) is 9.97 Å². The van der Waals surface area contributed by atoms with Gasteiger partial charge in [-0.3, -0.25) is 9.59 Å². The summed E-state index contributed by atoms with van der Waals surface area (Å²) in [6.45, 7) is 1.95. The minimum absolute atomic E-state index is 0.174. The first-order valence-electron chi connectivity index (χ1n) is 7.87. The molecule has 8 heteroatoms. The van der Waals surface area contributed by atoms with E-state index in [0.717, 1.165) is 0 Å². The molecule has 0 radical (unpaired) electrons. The van der Waals surface area contributed by atoms with Crippen molar-refractivity contribution in [1.29, 1.82) is 0 Å². The van der Waals surface area contributed by atoms with E-state index < -0.39 is 0 Å². The second-order valence-electron chi connectivity index (χ2n) is 5.62. The molecule has 0 aliphatic carbocycles. The average Bonchev–Trinajstić information content (AvgIpc) is 2.87. The third-order valence-corrected chi connectivity index (χ3v) is 4.65. The first-order valence-corrected chi connectivity index (χ1v) is 8.63. The topological polar surface area (TPSA) is 66.4 Å². The van der Waals surface area contributed by atoms with Crippen LogP contribution in [0.25, 0.3) is 0 Å². The first kappa shape index (κ1) is 17.6. The predicted molar refractivity (Wildman–Crippen MR) is 94.9 cm³/mol. The maximum Gasteiger partial charge on any atom is 0.257 e. The zero-order valence-corrected chi connectivity index (χ0v) is 14.9. The molecule has 0 saturated carbocycles. The molecule has 0 spiro atoms. The van der Waals surface area contributed by atoms with E-state index in [1.165, 1.54) is 0 Å². The van der Waals surface area contributed by atoms with Crippen LogP contribution >= 0.6 is 23.2 Å². The number of pyridine rings is 2. The van der Waals surface area contributed by atoms with Crippen molar-refractivity contribution in [2.75, 3.05) is 26.2 Å². The lowest BCUT2D eigenvalue weighted by atomic mass is 10.2. The van der Waals surface area contributed by atoms with Gasteiger partial charge in [-0.1, -0.05) is 23.2 Å². The lowest BCUT2D eigenvalue weighted by Crippen LogP contribution is -2.37. The summed E-state index contributed by atoms with van der Waals surface area (Å²) in [7, 11) is 0. The van der Waals surface area contributed by atoms with Crippen molar-refractivity contribution in [2.45, 2.75) is 6.42 Å². The van der Waals surface area contributed by atoms with Gasteiger partial charge in [0.2, 0.25) is 0 Å². The highest BCUT2D eigenvalue weighted by molar-refractivity contribution is 6.33. The van der Waals surface area contributed by atoms with Gasteiger partial charge in [0.05, 0.1) is 11.1 Å². The largest absolute Gasteiger partial charge is 0.337 e. The Labute approximate surface area is 155 Å². The number of amides is 2. The summed E-state index contributed by atoms with van der Waals surface area (Å²) in [5, 5.41) is 0.374. The Kier molecular flexibility index (Phi) is 5.50. The molecule has 0 atom stereocenters. The molecule has 3 heterocycles. The van der Waals surface area contributed by atoms with Gasteiger partial charge in [0, 0.05) is 38.6 Å². The normalized spacial score (nSPS) is 15.0. The number of hydrogen-bond acceptors (Lipinski definition) is 4. The highest BCUT2D eigenvalue weighted by Gasteiger charge is 2.25. The summed E-state index contributed by atoms with van der Waals surface area (Å²) < 4.78 is 0. The minimum atomic E-state index is -0.174. The summed E-state index contributed by atoms with van der Waals surface area (Å²) >= 11 is 12.0. The molecule has 1 saturated heterocycles. The summed E-state index contributed by atoms with van der Waals surface area (Å²) in [5.41, 5.74) is 0.749. The summed E-state index contributed by atoms with van der Waals surface area (Å²) in [4.78, 5) is 36.6. The number of hydrogen-bond donors (Lipinski definition) is 0. The Bertz CT molecular complexity index is 734. The molecule has 1 aliphatic heterocycles.